The molecule has 0 saturated heterocycles. The van der Waals surface area contributed by atoms with Crippen molar-refractivity contribution in [2.75, 3.05) is 25.5 Å². The second-order valence-electron chi connectivity index (χ2n) is 6.30. The Balaban J connectivity index is 2.15. The number of aryl methyl sites for hydroxylation is 3. The van der Waals surface area contributed by atoms with Crippen LogP contribution in [0, 0.1) is 20.8 Å². The van der Waals surface area contributed by atoms with Gasteiger partial charge in [0.05, 0.1) is 11.4 Å². The maximum Gasteiger partial charge on any atom is 0.243 e. The molecule has 1 amide bonds. The number of hydrogen-bond acceptors (Lipinski definition) is 3. The minimum Gasteiger partial charge on any atom is -0.314 e. The number of carbonyl (C=O) groups is 1. The number of carbonyl (C=O) groups excluding carboxylic acids is 1. The zero-order chi connectivity index (χ0) is 18.8. The Morgan fingerprint density at radius 1 is 0.920 bits per heavy atom. The van der Waals surface area contributed by atoms with Crippen molar-refractivity contribution in [3.8, 4) is 0 Å². The summed E-state index contributed by atoms with van der Waals surface area (Å²) in [7, 11) is -0.626. The molecule has 2 aromatic rings. The number of anilines is 1. The predicted molar refractivity (Wildman–Crippen MR) is 100 cm³/mol. The molecule has 5 nitrogen and oxygen atoms in total. The third kappa shape index (κ3) is 4.27. The predicted octanol–water partition coefficient (Wildman–Crippen LogP) is 2.90. The van der Waals surface area contributed by atoms with Crippen LogP contribution in [0.5, 0.6) is 0 Å². The summed E-state index contributed by atoms with van der Waals surface area (Å²) in [5, 5.41) is 0. The lowest BCUT2D eigenvalue weighted by Gasteiger charge is -2.22. The zero-order valence-corrected chi connectivity index (χ0v) is 16.1. The second-order valence-corrected chi connectivity index (χ2v) is 8.34. The fraction of sp³-hybridized carbons (Fsp3) is 0.316. The molecule has 0 unspecified atom stereocenters. The van der Waals surface area contributed by atoms with E-state index in [9.17, 15) is 13.2 Å². The Morgan fingerprint density at radius 3 is 2.08 bits per heavy atom. The summed E-state index contributed by atoms with van der Waals surface area (Å²) in [4.78, 5) is 14.2. The van der Waals surface area contributed by atoms with E-state index < -0.39 is 10.0 Å². The molecule has 0 bridgehead atoms. The van der Waals surface area contributed by atoms with Gasteiger partial charge in [0, 0.05) is 19.8 Å². The van der Waals surface area contributed by atoms with Gasteiger partial charge in [0.2, 0.25) is 15.9 Å². The fourth-order valence-electron chi connectivity index (χ4n) is 2.35. The fourth-order valence-corrected chi connectivity index (χ4v) is 3.47. The van der Waals surface area contributed by atoms with Gasteiger partial charge < -0.3 is 4.90 Å². The lowest BCUT2D eigenvalue weighted by Crippen LogP contribution is -2.39. The number of hydrogen-bond donors (Lipinski definition) is 0. The van der Waals surface area contributed by atoms with Gasteiger partial charge in [0.25, 0.3) is 0 Å². The summed E-state index contributed by atoms with van der Waals surface area (Å²) >= 11 is 0. The average molecular weight is 360 g/mol. The molecule has 0 radical (unpaired) electrons. The minimum absolute atomic E-state index is 0.183. The molecule has 0 fully saturated rings. The Hall–Kier alpha value is -2.18. The SMILES string of the molecule is Cc1ccc(S(=O)(=O)N(C)CC(=O)N(C)c2ccc(C)c(C)c2)cc1. The van der Waals surface area contributed by atoms with Crippen LogP contribution in [0.25, 0.3) is 0 Å². The highest BCUT2D eigenvalue weighted by molar-refractivity contribution is 7.89. The normalized spacial score (nSPS) is 11.6. The monoisotopic (exact) mass is 360 g/mol. The third-order valence-corrected chi connectivity index (χ3v) is 6.16. The van der Waals surface area contributed by atoms with Crippen LogP contribution in [-0.2, 0) is 14.8 Å². The third-order valence-electron chi connectivity index (χ3n) is 4.34. The molecular weight excluding hydrogens is 336 g/mol. The first kappa shape index (κ1) is 19.1. The summed E-state index contributed by atoms with van der Waals surface area (Å²) in [6.45, 7) is 5.65. The lowest BCUT2D eigenvalue weighted by atomic mass is 10.1. The van der Waals surface area contributed by atoms with Gasteiger partial charge >= 0.3 is 0 Å². The Bertz CT molecular complexity index is 874. The molecule has 0 aliphatic heterocycles. The van der Waals surface area contributed by atoms with E-state index in [-0.39, 0.29) is 17.3 Å². The van der Waals surface area contributed by atoms with Crippen molar-refractivity contribution >= 4 is 21.6 Å². The van der Waals surface area contributed by atoms with Gasteiger partial charge in [-0.15, -0.1) is 0 Å². The summed E-state index contributed by atoms with van der Waals surface area (Å²) in [5.41, 5.74) is 3.95. The molecule has 0 N–H and O–H groups in total. The van der Waals surface area contributed by atoms with Crippen molar-refractivity contribution in [1.82, 2.24) is 4.31 Å². The van der Waals surface area contributed by atoms with Crippen LogP contribution in [0.15, 0.2) is 47.4 Å². The minimum atomic E-state index is -3.70. The average Bonchev–Trinajstić information content (AvgIpc) is 2.57. The molecule has 0 spiro atoms. The van der Waals surface area contributed by atoms with E-state index in [2.05, 4.69) is 0 Å². The van der Waals surface area contributed by atoms with Crippen molar-refractivity contribution in [2.45, 2.75) is 25.7 Å². The molecule has 0 atom stereocenters. The van der Waals surface area contributed by atoms with E-state index in [1.807, 2.05) is 39.0 Å². The van der Waals surface area contributed by atoms with E-state index in [1.165, 1.54) is 11.9 Å². The molecule has 0 aliphatic carbocycles. The molecular formula is C19H24N2O3S. The van der Waals surface area contributed by atoms with E-state index in [1.54, 1.807) is 31.3 Å². The number of sulfonamides is 1. The Morgan fingerprint density at radius 2 is 1.52 bits per heavy atom. The molecule has 0 aromatic heterocycles. The van der Waals surface area contributed by atoms with Gasteiger partial charge in [-0.25, -0.2) is 8.42 Å². The van der Waals surface area contributed by atoms with E-state index >= 15 is 0 Å². The summed E-state index contributed by atoms with van der Waals surface area (Å²) in [6, 6.07) is 12.3. The maximum absolute atomic E-state index is 12.6. The van der Waals surface area contributed by atoms with Gasteiger partial charge in [-0.2, -0.15) is 4.31 Å². The highest BCUT2D eigenvalue weighted by atomic mass is 32.2. The maximum atomic E-state index is 12.6. The van der Waals surface area contributed by atoms with Gasteiger partial charge in [0.1, 0.15) is 0 Å². The highest BCUT2D eigenvalue weighted by Gasteiger charge is 2.24. The number of likely N-dealkylation sites (N-methyl/N-ethyl adjacent to an activating group) is 2. The topological polar surface area (TPSA) is 57.7 Å². The smallest absolute Gasteiger partial charge is 0.243 e. The first-order valence-electron chi connectivity index (χ1n) is 7.99. The summed E-state index contributed by atoms with van der Waals surface area (Å²) in [5.74, 6) is -0.290. The molecule has 0 saturated carbocycles. The molecule has 25 heavy (non-hydrogen) atoms. The van der Waals surface area contributed by atoms with Crippen LogP contribution in [0.2, 0.25) is 0 Å². The van der Waals surface area contributed by atoms with Crippen LogP contribution < -0.4 is 4.90 Å². The van der Waals surface area contributed by atoms with Crippen molar-refractivity contribution in [3.05, 3.63) is 59.2 Å². The van der Waals surface area contributed by atoms with E-state index in [0.717, 1.165) is 26.7 Å². The van der Waals surface area contributed by atoms with Gasteiger partial charge in [-0.05, 0) is 56.2 Å². The summed E-state index contributed by atoms with van der Waals surface area (Å²) in [6.07, 6.45) is 0. The largest absolute Gasteiger partial charge is 0.314 e. The lowest BCUT2D eigenvalue weighted by molar-refractivity contribution is -0.118. The number of nitrogens with zero attached hydrogens (tertiary/aromatic N) is 2. The molecule has 134 valence electrons. The highest BCUT2D eigenvalue weighted by Crippen LogP contribution is 2.19. The van der Waals surface area contributed by atoms with Gasteiger partial charge in [-0.3, -0.25) is 4.79 Å². The molecule has 0 heterocycles. The van der Waals surface area contributed by atoms with Crippen molar-refractivity contribution in [2.24, 2.45) is 0 Å². The second kappa shape index (κ2) is 7.37. The zero-order valence-electron chi connectivity index (χ0n) is 15.3. The van der Waals surface area contributed by atoms with Crippen LogP contribution in [0.1, 0.15) is 16.7 Å². The van der Waals surface area contributed by atoms with Crippen LogP contribution in [0.4, 0.5) is 5.69 Å². The quantitative estimate of drug-likeness (QED) is 0.824. The van der Waals surface area contributed by atoms with E-state index in [4.69, 9.17) is 0 Å². The van der Waals surface area contributed by atoms with Crippen molar-refractivity contribution in [3.63, 3.8) is 0 Å². The summed E-state index contributed by atoms with van der Waals surface area (Å²) < 4.78 is 26.3. The first-order chi connectivity index (χ1) is 11.6. The Labute approximate surface area is 149 Å². The standard InChI is InChI=1S/C19H24N2O3S/c1-14-6-10-18(11-7-14)25(23,24)20(4)13-19(22)21(5)17-9-8-15(2)16(3)12-17/h6-12H,13H2,1-5H3. The molecule has 0 aliphatic rings. The molecule has 2 rings (SSSR count). The number of benzene rings is 2. The van der Waals surface area contributed by atoms with Crippen LogP contribution in [0.3, 0.4) is 0 Å². The van der Waals surface area contributed by atoms with Gasteiger partial charge in [-0.1, -0.05) is 23.8 Å². The molecule has 6 heteroatoms. The molecule has 2 aromatic carbocycles. The van der Waals surface area contributed by atoms with Crippen LogP contribution in [-0.4, -0.2) is 39.3 Å². The van der Waals surface area contributed by atoms with Crippen molar-refractivity contribution in [1.29, 1.82) is 0 Å². The van der Waals surface area contributed by atoms with E-state index in [0.29, 0.717) is 0 Å². The first-order valence-corrected chi connectivity index (χ1v) is 9.44. The number of amides is 1. The van der Waals surface area contributed by atoms with Crippen LogP contribution >= 0.6 is 0 Å². The van der Waals surface area contributed by atoms with Gasteiger partial charge in [0.15, 0.2) is 0 Å². The van der Waals surface area contributed by atoms with Crippen molar-refractivity contribution < 1.29 is 13.2 Å². The Kier molecular flexibility index (Phi) is 5.65. The number of rotatable bonds is 5.